The van der Waals surface area contributed by atoms with E-state index in [0.717, 1.165) is 25.1 Å². The zero-order valence-electron chi connectivity index (χ0n) is 11.5. The molecule has 0 spiro atoms. The van der Waals surface area contributed by atoms with E-state index in [0.29, 0.717) is 6.54 Å². The Labute approximate surface area is 114 Å². The van der Waals surface area contributed by atoms with Crippen molar-refractivity contribution in [2.24, 2.45) is 0 Å². The van der Waals surface area contributed by atoms with E-state index in [1.165, 1.54) is 0 Å². The van der Waals surface area contributed by atoms with Gasteiger partial charge in [-0.3, -0.25) is 9.78 Å². The van der Waals surface area contributed by atoms with E-state index in [1.807, 2.05) is 25.2 Å². The number of carbonyl (C=O) groups is 1. The molecule has 1 N–H and O–H groups in total. The molecule has 0 aliphatic carbocycles. The van der Waals surface area contributed by atoms with E-state index in [1.54, 1.807) is 18.2 Å². The lowest BCUT2D eigenvalue weighted by molar-refractivity contribution is -0.131. The maximum atomic E-state index is 12.2. The minimum Gasteiger partial charge on any atom is -0.380 e. The van der Waals surface area contributed by atoms with Crippen molar-refractivity contribution in [2.75, 3.05) is 27.2 Å². The molecule has 1 aliphatic heterocycles. The van der Waals surface area contributed by atoms with Gasteiger partial charge < -0.3 is 15.0 Å². The van der Waals surface area contributed by atoms with Gasteiger partial charge in [0, 0.05) is 45.6 Å². The number of ether oxygens (including phenoxy) is 1. The Morgan fingerprint density at radius 1 is 1.58 bits per heavy atom. The summed E-state index contributed by atoms with van der Waals surface area (Å²) in [5.41, 5.74) is 1.01. The van der Waals surface area contributed by atoms with Gasteiger partial charge in [0.1, 0.15) is 0 Å². The highest BCUT2D eigenvalue weighted by atomic mass is 16.5. The van der Waals surface area contributed by atoms with Crippen LogP contribution in [0, 0.1) is 0 Å². The maximum Gasteiger partial charge on any atom is 0.239 e. The molecule has 1 aliphatic rings. The number of carbonyl (C=O) groups excluding carboxylic acids is 1. The molecule has 0 aromatic carbocycles. The van der Waals surface area contributed by atoms with Crippen LogP contribution in [0.2, 0.25) is 0 Å². The Morgan fingerprint density at radius 2 is 2.42 bits per heavy atom. The molecule has 1 amide bonds. The summed E-state index contributed by atoms with van der Waals surface area (Å²) in [5.74, 6) is 0.135. The summed E-state index contributed by atoms with van der Waals surface area (Å²) in [7, 11) is 3.52. The van der Waals surface area contributed by atoms with Crippen LogP contribution in [0.3, 0.4) is 0 Å². The number of pyridine rings is 1. The number of aromatic nitrogens is 1. The fourth-order valence-electron chi connectivity index (χ4n) is 2.28. The van der Waals surface area contributed by atoms with E-state index >= 15 is 0 Å². The fraction of sp³-hybridized carbons (Fsp3) is 0.571. The Hall–Kier alpha value is -1.46. The molecule has 0 bridgehead atoms. The predicted molar refractivity (Wildman–Crippen MR) is 72.8 cm³/mol. The van der Waals surface area contributed by atoms with Gasteiger partial charge in [-0.05, 0) is 18.6 Å². The van der Waals surface area contributed by atoms with Gasteiger partial charge in [-0.15, -0.1) is 0 Å². The van der Waals surface area contributed by atoms with Crippen LogP contribution in [-0.4, -0.2) is 55.2 Å². The van der Waals surface area contributed by atoms with Crippen LogP contribution >= 0.6 is 0 Å². The van der Waals surface area contributed by atoms with Gasteiger partial charge in [-0.2, -0.15) is 0 Å². The molecule has 104 valence electrons. The highest BCUT2D eigenvalue weighted by Gasteiger charge is 2.30. The summed E-state index contributed by atoms with van der Waals surface area (Å²) in [6.07, 6.45) is 3.46. The van der Waals surface area contributed by atoms with E-state index in [9.17, 15) is 4.79 Å². The minimum absolute atomic E-state index is 0.112. The third-order valence-electron chi connectivity index (χ3n) is 3.53. The van der Waals surface area contributed by atoms with Gasteiger partial charge in [-0.25, -0.2) is 0 Å². The number of likely N-dealkylation sites (N-methyl/N-ethyl adjacent to an activating group) is 1. The first-order chi connectivity index (χ1) is 9.20. The standard InChI is InChI=1S/C14H21N3O2/c1-17(8-6-11-5-3-4-7-15-11)14(18)13-9-12(19-2)10-16-13/h3-5,7,12-13,16H,6,8-10H2,1-2H3. The molecule has 1 saturated heterocycles. The van der Waals surface area contributed by atoms with Crippen LogP contribution in [0.5, 0.6) is 0 Å². The number of nitrogens with one attached hydrogen (secondary N) is 1. The van der Waals surface area contributed by atoms with Gasteiger partial charge in [0.2, 0.25) is 5.91 Å². The quantitative estimate of drug-likeness (QED) is 0.838. The highest BCUT2D eigenvalue weighted by molar-refractivity contribution is 5.82. The Bertz CT molecular complexity index is 410. The molecule has 2 heterocycles. The molecule has 2 atom stereocenters. The third kappa shape index (κ3) is 3.75. The average Bonchev–Trinajstić information content (AvgIpc) is 2.94. The zero-order valence-corrected chi connectivity index (χ0v) is 11.5. The third-order valence-corrected chi connectivity index (χ3v) is 3.53. The SMILES string of the molecule is COC1CNC(C(=O)N(C)CCc2ccccn2)C1. The lowest BCUT2D eigenvalue weighted by atomic mass is 10.1. The molecule has 1 aromatic rings. The summed E-state index contributed by atoms with van der Waals surface area (Å²) in [6.45, 7) is 1.44. The molecule has 5 heteroatoms. The number of amides is 1. The van der Waals surface area contributed by atoms with E-state index in [-0.39, 0.29) is 18.1 Å². The predicted octanol–water partition coefficient (Wildman–Crippen LogP) is 0.459. The van der Waals surface area contributed by atoms with Crippen LogP contribution in [0.4, 0.5) is 0 Å². The average molecular weight is 263 g/mol. The second-order valence-corrected chi connectivity index (χ2v) is 4.89. The van der Waals surface area contributed by atoms with Crippen molar-refractivity contribution < 1.29 is 9.53 Å². The fourth-order valence-corrected chi connectivity index (χ4v) is 2.28. The molecule has 2 rings (SSSR count). The second kappa shape index (κ2) is 6.63. The van der Waals surface area contributed by atoms with Crippen LogP contribution in [0.1, 0.15) is 12.1 Å². The van der Waals surface area contributed by atoms with Crippen LogP contribution in [0.15, 0.2) is 24.4 Å². The summed E-state index contributed by atoms with van der Waals surface area (Å²) >= 11 is 0. The number of hydrogen-bond acceptors (Lipinski definition) is 4. The number of hydrogen-bond donors (Lipinski definition) is 1. The van der Waals surface area contributed by atoms with Crippen LogP contribution in [0.25, 0.3) is 0 Å². The van der Waals surface area contributed by atoms with Crippen molar-refractivity contribution in [2.45, 2.75) is 25.0 Å². The van der Waals surface area contributed by atoms with Crippen molar-refractivity contribution in [3.05, 3.63) is 30.1 Å². The van der Waals surface area contributed by atoms with Crippen molar-refractivity contribution in [1.82, 2.24) is 15.2 Å². The van der Waals surface area contributed by atoms with E-state index in [2.05, 4.69) is 10.3 Å². The lowest BCUT2D eigenvalue weighted by Crippen LogP contribution is -2.42. The summed E-state index contributed by atoms with van der Waals surface area (Å²) in [5, 5.41) is 3.20. The van der Waals surface area contributed by atoms with Crippen molar-refractivity contribution in [3.8, 4) is 0 Å². The lowest BCUT2D eigenvalue weighted by Gasteiger charge is -2.21. The maximum absolute atomic E-state index is 12.2. The van der Waals surface area contributed by atoms with Crippen LogP contribution in [-0.2, 0) is 16.0 Å². The molecule has 2 unspecified atom stereocenters. The number of nitrogens with zero attached hydrogens (tertiary/aromatic N) is 2. The molecule has 19 heavy (non-hydrogen) atoms. The topological polar surface area (TPSA) is 54.5 Å². The molecular formula is C14H21N3O2. The van der Waals surface area contributed by atoms with Crippen molar-refractivity contribution in [1.29, 1.82) is 0 Å². The van der Waals surface area contributed by atoms with Gasteiger partial charge in [-0.1, -0.05) is 6.07 Å². The van der Waals surface area contributed by atoms with Crippen molar-refractivity contribution >= 4 is 5.91 Å². The van der Waals surface area contributed by atoms with Crippen LogP contribution < -0.4 is 5.32 Å². The molecule has 0 saturated carbocycles. The zero-order chi connectivity index (χ0) is 13.7. The summed E-state index contributed by atoms with van der Waals surface area (Å²) in [4.78, 5) is 18.2. The molecule has 0 radical (unpaired) electrons. The van der Waals surface area contributed by atoms with E-state index < -0.39 is 0 Å². The van der Waals surface area contributed by atoms with Crippen molar-refractivity contribution in [3.63, 3.8) is 0 Å². The highest BCUT2D eigenvalue weighted by Crippen LogP contribution is 2.11. The number of methoxy groups -OCH3 is 1. The monoisotopic (exact) mass is 263 g/mol. The first kappa shape index (κ1) is 14.0. The van der Waals surface area contributed by atoms with Gasteiger partial charge in [0.05, 0.1) is 12.1 Å². The Balaban J connectivity index is 1.80. The smallest absolute Gasteiger partial charge is 0.239 e. The van der Waals surface area contributed by atoms with Gasteiger partial charge in [0.15, 0.2) is 0 Å². The second-order valence-electron chi connectivity index (χ2n) is 4.89. The largest absolute Gasteiger partial charge is 0.380 e. The summed E-state index contributed by atoms with van der Waals surface area (Å²) in [6, 6.07) is 5.73. The minimum atomic E-state index is -0.112. The molecule has 5 nitrogen and oxygen atoms in total. The number of rotatable bonds is 5. The first-order valence-corrected chi connectivity index (χ1v) is 6.61. The molecular weight excluding hydrogens is 242 g/mol. The molecule has 1 aromatic heterocycles. The molecule has 1 fully saturated rings. The Morgan fingerprint density at radius 3 is 3.05 bits per heavy atom. The van der Waals surface area contributed by atoms with Gasteiger partial charge in [0.25, 0.3) is 0 Å². The first-order valence-electron chi connectivity index (χ1n) is 6.61. The summed E-state index contributed by atoms with van der Waals surface area (Å²) < 4.78 is 5.26. The Kier molecular flexibility index (Phi) is 4.87. The normalized spacial score (nSPS) is 22.4. The van der Waals surface area contributed by atoms with E-state index in [4.69, 9.17) is 4.74 Å². The van der Waals surface area contributed by atoms with Gasteiger partial charge >= 0.3 is 0 Å².